The predicted octanol–water partition coefficient (Wildman–Crippen LogP) is 0.548. The van der Waals surface area contributed by atoms with E-state index in [2.05, 4.69) is 0 Å². The maximum atomic E-state index is 8.28. The van der Waals surface area contributed by atoms with Crippen LogP contribution in [0.2, 0.25) is 0 Å². The molecule has 0 rings (SSSR count). The van der Waals surface area contributed by atoms with E-state index in [-0.39, 0.29) is 0 Å². The minimum absolute atomic E-state index is 0.690. The first kappa shape index (κ1) is 9.01. The molecular formula is C4H9ClO2Sn. The molecule has 0 aromatic heterocycles. The number of halogens is 1. The molecule has 0 aliphatic carbocycles. The summed E-state index contributed by atoms with van der Waals surface area (Å²) in [7, 11) is 0. The molecule has 0 saturated heterocycles. The topological polar surface area (TPSA) is 29.5 Å². The summed E-state index contributed by atoms with van der Waals surface area (Å²) >= 11 is 4.00. The Kier molecular flexibility index (Phi) is 9.02. The second-order valence-electron chi connectivity index (χ2n) is 1.34. The third-order valence-corrected chi connectivity index (χ3v) is 1.91. The molecule has 0 unspecified atom stereocenters. The van der Waals surface area contributed by atoms with E-state index in [1.54, 1.807) is 0 Å². The van der Waals surface area contributed by atoms with Crippen molar-refractivity contribution in [2.45, 2.75) is 12.8 Å². The van der Waals surface area contributed by atoms with Crippen LogP contribution in [0.5, 0.6) is 0 Å². The van der Waals surface area contributed by atoms with Crippen LogP contribution in [0.1, 0.15) is 12.8 Å². The van der Waals surface area contributed by atoms with Crippen LogP contribution in [0.4, 0.5) is 0 Å². The van der Waals surface area contributed by atoms with Crippen LogP contribution >= 0.6 is 11.6 Å². The van der Waals surface area contributed by atoms with Gasteiger partial charge in [0.05, 0.1) is 0 Å². The first-order chi connectivity index (χ1) is 3.91. The van der Waals surface area contributed by atoms with Gasteiger partial charge >= 0.3 is 65.4 Å². The molecule has 48 valence electrons. The van der Waals surface area contributed by atoms with Crippen molar-refractivity contribution in [3.63, 3.8) is 0 Å². The van der Waals surface area contributed by atoms with Crippen LogP contribution in [-0.2, 0) is 3.07 Å². The maximum absolute atomic E-state index is 8.28. The zero-order valence-electron chi connectivity index (χ0n) is 4.56. The molecule has 0 aromatic rings. The van der Waals surface area contributed by atoms with Gasteiger partial charge in [0.2, 0.25) is 0 Å². The Morgan fingerprint density at radius 2 is 2.25 bits per heavy atom. The fraction of sp³-hybridized carbons (Fsp3) is 1.00. The van der Waals surface area contributed by atoms with Crippen LogP contribution in [-0.4, -0.2) is 37.9 Å². The second-order valence-corrected chi connectivity index (χ2v) is 3.06. The molecule has 4 heteroatoms. The molecular weight excluding hydrogens is 234 g/mol. The van der Waals surface area contributed by atoms with Gasteiger partial charge < -0.3 is 0 Å². The van der Waals surface area contributed by atoms with Gasteiger partial charge in [-0.25, -0.2) is 0 Å². The summed E-state index contributed by atoms with van der Waals surface area (Å²) in [5, 5.41) is 0. The van der Waals surface area contributed by atoms with Crippen molar-refractivity contribution in [3.05, 3.63) is 0 Å². The van der Waals surface area contributed by atoms with E-state index in [1.165, 1.54) is 0 Å². The van der Waals surface area contributed by atoms with Crippen LogP contribution in [0, 0.1) is 0 Å². The molecule has 0 aliphatic rings. The molecule has 0 bridgehead atoms. The van der Waals surface area contributed by atoms with Gasteiger partial charge in [-0.1, -0.05) is 0 Å². The van der Waals surface area contributed by atoms with Crippen molar-refractivity contribution in [3.8, 4) is 0 Å². The second kappa shape index (κ2) is 8.01. The van der Waals surface area contributed by atoms with E-state index in [4.69, 9.17) is 18.1 Å². The monoisotopic (exact) mass is 244 g/mol. The molecule has 0 aliphatic heterocycles. The molecule has 0 heterocycles. The van der Waals surface area contributed by atoms with Crippen molar-refractivity contribution in [2.75, 3.05) is 12.5 Å². The Morgan fingerprint density at radius 1 is 1.50 bits per heavy atom. The molecule has 1 N–H and O–H groups in total. The van der Waals surface area contributed by atoms with Crippen LogP contribution < -0.4 is 0 Å². The third-order valence-electron chi connectivity index (χ3n) is 0.695. The Morgan fingerprint density at radius 3 is 2.75 bits per heavy atom. The summed E-state index contributed by atoms with van der Waals surface area (Å²) in [6.07, 6.45) is 1.96. The predicted molar refractivity (Wildman–Crippen MR) is 33.9 cm³/mol. The number of hydrogen-bond acceptors (Lipinski definition) is 2. The summed E-state index contributed by atoms with van der Waals surface area (Å²) < 4.78 is 13.1. The summed E-state index contributed by atoms with van der Waals surface area (Å²) in [5.74, 6) is 0.694. The zero-order chi connectivity index (χ0) is 6.24. The van der Waals surface area contributed by atoms with Crippen molar-refractivity contribution >= 4 is 33.6 Å². The molecule has 0 aromatic carbocycles. The van der Waals surface area contributed by atoms with Crippen LogP contribution in [0.15, 0.2) is 0 Å². The van der Waals surface area contributed by atoms with Crippen molar-refractivity contribution in [1.29, 1.82) is 0 Å². The SMILES string of the molecule is [OH][Sn][O]CCCCCl. The normalized spacial score (nSPS) is 9.75. The Hall–Kier alpha value is 1.01. The quantitative estimate of drug-likeness (QED) is 0.434. The summed E-state index contributed by atoms with van der Waals surface area (Å²) in [4.78, 5) is 0. The van der Waals surface area contributed by atoms with E-state index in [9.17, 15) is 0 Å². The van der Waals surface area contributed by atoms with Crippen molar-refractivity contribution < 1.29 is 6.52 Å². The van der Waals surface area contributed by atoms with Gasteiger partial charge in [-0.3, -0.25) is 0 Å². The van der Waals surface area contributed by atoms with Crippen molar-refractivity contribution in [2.24, 2.45) is 0 Å². The molecule has 8 heavy (non-hydrogen) atoms. The van der Waals surface area contributed by atoms with Gasteiger partial charge in [-0.2, -0.15) is 0 Å². The van der Waals surface area contributed by atoms with Gasteiger partial charge in [0.25, 0.3) is 0 Å². The molecule has 0 fully saturated rings. The molecule has 0 spiro atoms. The van der Waals surface area contributed by atoms with Gasteiger partial charge in [-0.05, 0) is 0 Å². The fourth-order valence-electron chi connectivity index (χ4n) is 0.314. The van der Waals surface area contributed by atoms with Gasteiger partial charge in [0.15, 0.2) is 0 Å². The summed E-state index contributed by atoms with van der Waals surface area (Å²) in [6.45, 7) is 0.690. The molecule has 2 radical (unpaired) electrons. The van der Waals surface area contributed by atoms with Gasteiger partial charge in [-0.15, -0.1) is 0 Å². The van der Waals surface area contributed by atoms with Crippen LogP contribution in [0.25, 0.3) is 0 Å². The van der Waals surface area contributed by atoms with Gasteiger partial charge in [0.1, 0.15) is 0 Å². The van der Waals surface area contributed by atoms with E-state index < -0.39 is 22.0 Å². The molecule has 0 atom stereocenters. The Labute approximate surface area is 65.5 Å². The minimum atomic E-state index is -1.38. The Bertz CT molecular complexity index is 39.0. The Balaban J connectivity index is 2.53. The average Bonchev–Trinajstić information content (AvgIpc) is 1.81. The number of unbranched alkanes of at least 4 members (excludes halogenated alkanes) is 1. The molecule has 2 nitrogen and oxygen atoms in total. The zero-order valence-corrected chi connectivity index (χ0v) is 8.17. The van der Waals surface area contributed by atoms with Gasteiger partial charge in [0, 0.05) is 0 Å². The first-order valence-corrected chi connectivity index (χ1v) is 5.46. The number of hydrogen-bond donors (Lipinski definition) is 1. The molecule has 0 amide bonds. The van der Waals surface area contributed by atoms with E-state index in [0.29, 0.717) is 12.5 Å². The number of alkyl halides is 1. The van der Waals surface area contributed by atoms with Crippen molar-refractivity contribution in [1.82, 2.24) is 0 Å². The third kappa shape index (κ3) is 7.01. The standard InChI is InChI=1S/C4H8ClO.H2O.Sn/c5-3-1-2-4-6;;/h1-4H2;1H2;/q-1;;+2/p-1. The van der Waals surface area contributed by atoms with E-state index >= 15 is 0 Å². The average molecular weight is 243 g/mol. The number of rotatable bonds is 5. The summed E-state index contributed by atoms with van der Waals surface area (Å²) in [5.41, 5.74) is 0. The van der Waals surface area contributed by atoms with E-state index in [1.807, 2.05) is 0 Å². The van der Waals surface area contributed by atoms with Crippen LogP contribution in [0.3, 0.4) is 0 Å². The first-order valence-electron chi connectivity index (χ1n) is 2.48. The van der Waals surface area contributed by atoms with E-state index in [0.717, 1.165) is 12.8 Å². The summed E-state index contributed by atoms with van der Waals surface area (Å²) in [6, 6.07) is 0. The fourth-order valence-corrected chi connectivity index (χ4v) is 1.18. The molecule has 0 saturated carbocycles.